The maximum absolute atomic E-state index is 12.9. The molecule has 0 bridgehead atoms. The summed E-state index contributed by atoms with van der Waals surface area (Å²) in [7, 11) is 0. The summed E-state index contributed by atoms with van der Waals surface area (Å²) in [4.78, 5) is 61.5. The Morgan fingerprint density at radius 2 is 1.14 bits per heavy atom. The van der Waals surface area contributed by atoms with Crippen molar-refractivity contribution in [2.24, 2.45) is 0 Å². The molecule has 43 heavy (non-hydrogen) atoms. The zero-order valence-electron chi connectivity index (χ0n) is 22.7. The van der Waals surface area contributed by atoms with Crippen molar-refractivity contribution in [3.05, 3.63) is 35.4 Å². The predicted molar refractivity (Wildman–Crippen MR) is 134 cm³/mol. The standard InChI is InChI=1S/C24H30F3N3O6.C2HF3O2/c25-24(26,27)17-7-5-16(6-8-17)15-28(13-9-20(31)29-11-1-3-18(29)22(33)34)14-10-21(32)30-12-2-4-19(30)23(35)36;3-2(4,5)1(6)7/h5-8,18-19H,1-4,9-15H2,(H,33,34)(H,35,36);(H,6,7)/t18-,19-;/m1./s1. The second-order valence-electron chi connectivity index (χ2n) is 9.94. The summed E-state index contributed by atoms with van der Waals surface area (Å²) in [6.07, 6.45) is -7.64. The van der Waals surface area contributed by atoms with Crippen LogP contribution in [0.15, 0.2) is 24.3 Å². The van der Waals surface area contributed by atoms with Gasteiger partial charge in [0.1, 0.15) is 12.1 Å². The minimum atomic E-state index is -5.08. The van der Waals surface area contributed by atoms with Crippen LogP contribution in [-0.4, -0.2) is 104 Å². The summed E-state index contributed by atoms with van der Waals surface area (Å²) >= 11 is 0. The van der Waals surface area contributed by atoms with Crippen LogP contribution < -0.4 is 0 Å². The lowest BCUT2D eigenvalue weighted by Crippen LogP contribution is -2.43. The smallest absolute Gasteiger partial charge is 0.480 e. The van der Waals surface area contributed by atoms with Gasteiger partial charge in [0.25, 0.3) is 0 Å². The van der Waals surface area contributed by atoms with Gasteiger partial charge in [-0.3, -0.25) is 14.5 Å². The Morgan fingerprint density at radius 1 is 0.744 bits per heavy atom. The molecule has 0 spiro atoms. The maximum atomic E-state index is 12.9. The van der Waals surface area contributed by atoms with Crippen molar-refractivity contribution < 1.29 is 65.6 Å². The van der Waals surface area contributed by atoms with Crippen molar-refractivity contribution in [3.63, 3.8) is 0 Å². The highest BCUT2D eigenvalue weighted by Crippen LogP contribution is 2.29. The molecule has 2 heterocycles. The van der Waals surface area contributed by atoms with E-state index < -0.39 is 47.9 Å². The van der Waals surface area contributed by atoms with Gasteiger partial charge in [0, 0.05) is 45.6 Å². The van der Waals surface area contributed by atoms with E-state index in [2.05, 4.69) is 0 Å². The van der Waals surface area contributed by atoms with Crippen LogP contribution in [-0.2, 0) is 36.7 Å². The number of hydrogen-bond acceptors (Lipinski definition) is 6. The second kappa shape index (κ2) is 15.0. The molecule has 0 unspecified atom stereocenters. The lowest BCUT2D eigenvalue weighted by molar-refractivity contribution is -0.192. The van der Waals surface area contributed by atoms with Crippen molar-refractivity contribution in [2.45, 2.75) is 69.5 Å². The number of aliphatic carboxylic acids is 3. The van der Waals surface area contributed by atoms with E-state index in [-0.39, 0.29) is 44.3 Å². The largest absolute Gasteiger partial charge is 0.490 e. The zero-order chi connectivity index (χ0) is 32.5. The molecule has 1 aromatic carbocycles. The van der Waals surface area contributed by atoms with E-state index in [0.717, 1.165) is 12.1 Å². The van der Waals surface area contributed by atoms with Crippen LogP contribution in [0.2, 0.25) is 0 Å². The van der Waals surface area contributed by atoms with Gasteiger partial charge in [0.2, 0.25) is 11.8 Å². The molecule has 0 aliphatic carbocycles. The number of carboxylic acid groups (broad SMARTS) is 3. The van der Waals surface area contributed by atoms with E-state index >= 15 is 0 Å². The molecule has 3 N–H and O–H groups in total. The average Bonchev–Trinajstić information content (AvgIpc) is 3.60. The number of hydrogen-bond donors (Lipinski definition) is 3. The molecule has 11 nitrogen and oxygen atoms in total. The van der Waals surface area contributed by atoms with Crippen molar-refractivity contribution >= 4 is 29.7 Å². The third-order valence-electron chi connectivity index (χ3n) is 6.93. The molecule has 240 valence electrons. The van der Waals surface area contributed by atoms with Crippen LogP contribution in [0.3, 0.4) is 0 Å². The summed E-state index contributed by atoms with van der Waals surface area (Å²) in [6, 6.07) is 2.86. The summed E-state index contributed by atoms with van der Waals surface area (Å²) in [6.45, 7) is 1.19. The fourth-order valence-corrected chi connectivity index (χ4v) is 4.77. The van der Waals surface area contributed by atoms with Gasteiger partial charge in [-0.25, -0.2) is 14.4 Å². The molecule has 0 radical (unpaired) electrons. The molecular formula is C26H31F6N3O8. The Kier molecular flexibility index (Phi) is 12.3. The van der Waals surface area contributed by atoms with Crippen molar-refractivity contribution in [2.75, 3.05) is 26.2 Å². The van der Waals surface area contributed by atoms with Crippen molar-refractivity contribution in [1.29, 1.82) is 0 Å². The molecule has 2 aliphatic rings. The van der Waals surface area contributed by atoms with Crippen LogP contribution in [0.4, 0.5) is 26.3 Å². The third-order valence-corrected chi connectivity index (χ3v) is 6.93. The summed E-state index contributed by atoms with van der Waals surface area (Å²) in [5, 5.41) is 25.8. The number of nitrogens with zero attached hydrogens (tertiary/aromatic N) is 3. The molecule has 17 heteroatoms. The average molecular weight is 628 g/mol. The highest BCUT2D eigenvalue weighted by Gasteiger charge is 2.38. The third kappa shape index (κ3) is 10.7. The molecule has 3 rings (SSSR count). The number of benzene rings is 1. The van der Waals surface area contributed by atoms with Crippen LogP contribution in [0.1, 0.15) is 49.7 Å². The molecule has 2 atom stereocenters. The lowest BCUT2D eigenvalue weighted by atomic mass is 10.1. The first kappa shape index (κ1) is 35.3. The highest BCUT2D eigenvalue weighted by molar-refractivity contribution is 5.85. The number of carbonyl (C=O) groups excluding carboxylic acids is 2. The summed E-state index contributed by atoms with van der Waals surface area (Å²) in [5.74, 6) is -5.56. The minimum absolute atomic E-state index is 0.0138. The first-order chi connectivity index (χ1) is 19.9. The molecule has 2 amide bonds. The number of alkyl halides is 6. The molecule has 0 aromatic heterocycles. The SMILES string of the molecule is O=C(O)C(F)(F)F.O=C(O)[C@H]1CCCN1C(=O)CCN(CCC(=O)N1CCC[C@@H]1C(=O)O)Cc1ccc(C(F)(F)F)cc1. The number of likely N-dealkylation sites (tertiary alicyclic amines) is 2. The summed E-state index contributed by atoms with van der Waals surface area (Å²) < 4.78 is 70.4. The maximum Gasteiger partial charge on any atom is 0.490 e. The number of carboxylic acids is 3. The van der Waals surface area contributed by atoms with Gasteiger partial charge in [0.05, 0.1) is 5.56 Å². The Morgan fingerprint density at radius 3 is 1.47 bits per heavy atom. The summed E-state index contributed by atoms with van der Waals surface area (Å²) in [5.41, 5.74) is -0.234. The Balaban J connectivity index is 0.000000821. The lowest BCUT2D eigenvalue weighted by Gasteiger charge is -2.27. The van der Waals surface area contributed by atoms with Crippen LogP contribution in [0.5, 0.6) is 0 Å². The normalized spacial score (nSPS) is 18.8. The highest BCUT2D eigenvalue weighted by atomic mass is 19.4. The fraction of sp³-hybridized carbons (Fsp3) is 0.577. The van der Waals surface area contributed by atoms with E-state index in [4.69, 9.17) is 9.90 Å². The molecular weight excluding hydrogens is 596 g/mol. The van der Waals surface area contributed by atoms with Gasteiger partial charge in [-0.05, 0) is 43.4 Å². The predicted octanol–water partition coefficient (Wildman–Crippen LogP) is 3.07. The Bertz CT molecular complexity index is 1110. The van der Waals surface area contributed by atoms with E-state index in [1.165, 1.54) is 21.9 Å². The molecule has 2 aliphatic heterocycles. The first-order valence-corrected chi connectivity index (χ1v) is 13.1. The first-order valence-electron chi connectivity index (χ1n) is 13.1. The van der Waals surface area contributed by atoms with Crippen LogP contribution >= 0.6 is 0 Å². The second-order valence-corrected chi connectivity index (χ2v) is 9.94. The fourth-order valence-electron chi connectivity index (χ4n) is 4.77. The molecule has 1 aromatic rings. The quantitative estimate of drug-likeness (QED) is 0.332. The molecule has 0 saturated carbocycles. The van der Waals surface area contributed by atoms with Gasteiger partial charge >= 0.3 is 30.3 Å². The van der Waals surface area contributed by atoms with E-state index in [1.54, 1.807) is 4.90 Å². The molecule has 2 fully saturated rings. The minimum Gasteiger partial charge on any atom is -0.480 e. The van der Waals surface area contributed by atoms with Gasteiger partial charge in [-0.2, -0.15) is 26.3 Å². The molecule has 2 saturated heterocycles. The van der Waals surface area contributed by atoms with Gasteiger partial charge < -0.3 is 25.1 Å². The van der Waals surface area contributed by atoms with Crippen LogP contribution in [0.25, 0.3) is 0 Å². The van der Waals surface area contributed by atoms with E-state index in [1.807, 2.05) is 0 Å². The number of halogens is 6. The Hall–Kier alpha value is -3.89. The van der Waals surface area contributed by atoms with Crippen molar-refractivity contribution in [3.8, 4) is 0 Å². The number of carbonyl (C=O) groups is 5. The number of amides is 2. The van der Waals surface area contributed by atoms with E-state index in [0.29, 0.717) is 44.3 Å². The van der Waals surface area contributed by atoms with Gasteiger partial charge in [-0.15, -0.1) is 0 Å². The van der Waals surface area contributed by atoms with E-state index in [9.17, 15) is 55.7 Å². The monoisotopic (exact) mass is 627 g/mol. The topological polar surface area (TPSA) is 156 Å². The Labute approximate surface area is 241 Å². The number of rotatable bonds is 10. The zero-order valence-corrected chi connectivity index (χ0v) is 22.7. The van der Waals surface area contributed by atoms with Gasteiger partial charge in [0.15, 0.2) is 0 Å². The van der Waals surface area contributed by atoms with Crippen molar-refractivity contribution in [1.82, 2.24) is 14.7 Å². The van der Waals surface area contributed by atoms with Crippen LogP contribution in [0, 0.1) is 0 Å². The van der Waals surface area contributed by atoms with Gasteiger partial charge in [-0.1, -0.05) is 12.1 Å².